The third kappa shape index (κ3) is 4.22. The van der Waals surface area contributed by atoms with E-state index < -0.39 is 0 Å². The van der Waals surface area contributed by atoms with Gasteiger partial charge in [-0.25, -0.2) is 0 Å². The summed E-state index contributed by atoms with van der Waals surface area (Å²) in [4.78, 5) is 10.7. The maximum Gasteiger partial charge on any atom is 0.222 e. The Bertz CT molecular complexity index is 200. The fourth-order valence-electron chi connectivity index (χ4n) is 1.63. The van der Waals surface area contributed by atoms with Gasteiger partial charge >= 0.3 is 0 Å². The Kier molecular flexibility index (Phi) is 4.15. The standard InChI is InChI=1S/C9H16N2OS/c1-7(12)10-9(13)11-8-5-3-2-4-6-8/h8H,2-6H2,1H3,(H2,10,11,12,13). The quantitative estimate of drug-likeness (QED) is 0.627. The van der Waals surface area contributed by atoms with Crippen LogP contribution in [0.2, 0.25) is 0 Å². The number of carbonyl (C=O) groups is 1. The smallest absolute Gasteiger partial charge is 0.222 e. The van der Waals surface area contributed by atoms with Gasteiger partial charge in [-0.1, -0.05) is 19.3 Å². The van der Waals surface area contributed by atoms with Crippen LogP contribution in [0.1, 0.15) is 39.0 Å². The molecule has 3 nitrogen and oxygen atoms in total. The predicted molar refractivity (Wildman–Crippen MR) is 56.4 cm³/mol. The first-order chi connectivity index (χ1) is 6.18. The van der Waals surface area contributed by atoms with Crippen LogP contribution in [0.5, 0.6) is 0 Å². The fourth-order valence-corrected chi connectivity index (χ4v) is 1.94. The third-order valence-corrected chi connectivity index (χ3v) is 2.45. The molecule has 1 rings (SSSR count). The van der Waals surface area contributed by atoms with E-state index in [1.165, 1.54) is 39.0 Å². The molecule has 1 aliphatic carbocycles. The molecule has 4 heteroatoms. The summed E-state index contributed by atoms with van der Waals surface area (Å²) in [6, 6.07) is 0.466. The molecule has 1 amide bonds. The first-order valence-corrected chi connectivity index (χ1v) is 5.17. The van der Waals surface area contributed by atoms with E-state index in [2.05, 4.69) is 10.6 Å². The summed E-state index contributed by atoms with van der Waals surface area (Å²) in [7, 11) is 0. The van der Waals surface area contributed by atoms with Gasteiger partial charge in [0, 0.05) is 13.0 Å². The number of amides is 1. The largest absolute Gasteiger partial charge is 0.360 e. The van der Waals surface area contributed by atoms with Crippen molar-refractivity contribution >= 4 is 23.2 Å². The minimum atomic E-state index is -0.103. The molecule has 13 heavy (non-hydrogen) atoms. The van der Waals surface area contributed by atoms with Crippen LogP contribution >= 0.6 is 12.2 Å². The van der Waals surface area contributed by atoms with E-state index in [4.69, 9.17) is 12.2 Å². The Morgan fingerprint density at radius 2 is 1.92 bits per heavy atom. The summed E-state index contributed by atoms with van der Waals surface area (Å²) in [5, 5.41) is 6.19. The van der Waals surface area contributed by atoms with Crippen molar-refractivity contribution in [1.29, 1.82) is 0 Å². The second-order valence-corrected chi connectivity index (χ2v) is 3.90. The van der Waals surface area contributed by atoms with Crippen LogP contribution in [0.25, 0.3) is 0 Å². The first-order valence-electron chi connectivity index (χ1n) is 4.76. The average Bonchev–Trinajstić information content (AvgIpc) is 2.04. The van der Waals surface area contributed by atoms with Gasteiger partial charge in [-0.2, -0.15) is 0 Å². The minimum absolute atomic E-state index is 0.103. The maximum absolute atomic E-state index is 10.7. The second kappa shape index (κ2) is 5.17. The molecule has 0 bridgehead atoms. The van der Waals surface area contributed by atoms with Crippen LogP contribution in [0, 0.1) is 0 Å². The molecular weight excluding hydrogens is 184 g/mol. The van der Waals surface area contributed by atoms with E-state index in [-0.39, 0.29) is 5.91 Å². The lowest BCUT2D eigenvalue weighted by molar-refractivity contribution is -0.117. The molecule has 0 heterocycles. The summed E-state index contributed by atoms with van der Waals surface area (Å²) in [5.74, 6) is -0.103. The van der Waals surface area contributed by atoms with E-state index in [0.29, 0.717) is 11.2 Å². The summed E-state index contributed by atoms with van der Waals surface area (Å²) < 4.78 is 0. The third-order valence-electron chi connectivity index (χ3n) is 2.23. The Hall–Kier alpha value is -0.640. The van der Waals surface area contributed by atoms with Gasteiger partial charge in [-0.05, 0) is 25.1 Å². The fraction of sp³-hybridized carbons (Fsp3) is 0.778. The number of carbonyl (C=O) groups excluding carboxylic acids is 1. The van der Waals surface area contributed by atoms with E-state index in [0.717, 1.165) is 0 Å². The Morgan fingerprint density at radius 3 is 2.46 bits per heavy atom. The van der Waals surface area contributed by atoms with Crippen molar-refractivity contribution in [2.75, 3.05) is 0 Å². The van der Waals surface area contributed by atoms with Crippen molar-refractivity contribution in [2.45, 2.75) is 45.1 Å². The highest BCUT2D eigenvalue weighted by Gasteiger charge is 2.13. The number of thiocarbonyl (C=S) groups is 1. The van der Waals surface area contributed by atoms with Crippen LogP contribution in [-0.2, 0) is 4.79 Å². The molecule has 2 N–H and O–H groups in total. The first kappa shape index (κ1) is 10.4. The number of nitrogens with one attached hydrogen (secondary N) is 2. The zero-order chi connectivity index (χ0) is 9.68. The van der Waals surface area contributed by atoms with Gasteiger partial charge in [0.25, 0.3) is 0 Å². The van der Waals surface area contributed by atoms with Gasteiger partial charge in [0.05, 0.1) is 0 Å². The van der Waals surface area contributed by atoms with Gasteiger partial charge < -0.3 is 10.6 Å². The molecule has 74 valence electrons. The van der Waals surface area contributed by atoms with E-state index in [1.54, 1.807) is 0 Å². The van der Waals surface area contributed by atoms with Gasteiger partial charge in [0.1, 0.15) is 0 Å². The monoisotopic (exact) mass is 200 g/mol. The lowest BCUT2D eigenvalue weighted by Gasteiger charge is -2.23. The Balaban J connectivity index is 2.22. The van der Waals surface area contributed by atoms with E-state index in [9.17, 15) is 4.79 Å². The van der Waals surface area contributed by atoms with Crippen molar-refractivity contribution in [2.24, 2.45) is 0 Å². The molecule has 0 aliphatic heterocycles. The van der Waals surface area contributed by atoms with Gasteiger partial charge in [0.2, 0.25) is 5.91 Å². The lowest BCUT2D eigenvalue weighted by atomic mass is 9.96. The molecule has 0 spiro atoms. The molecule has 0 aromatic rings. The van der Waals surface area contributed by atoms with Crippen LogP contribution in [0.3, 0.4) is 0 Å². The highest BCUT2D eigenvalue weighted by molar-refractivity contribution is 7.80. The van der Waals surface area contributed by atoms with Gasteiger partial charge in [-0.3, -0.25) is 4.79 Å². The zero-order valence-corrected chi connectivity index (χ0v) is 8.75. The average molecular weight is 200 g/mol. The molecule has 1 aliphatic rings. The molecule has 0 aromatic carbocycles. The van der Waals surface area contributed by atoms with Crippen LogP contribution in [-0.4, -0.2) is 17.1 Å². The van der Waals surface area contributed by atoms with Gasteiger partial charge in [-0.15, -0.1) is 0 Å². The molecule has 1 saturated carbocycles. The van der Waals surface area contributed by atoms with E-state index >= 15 is 0 Å². The molecule has 0 radical (unpaired) electrons. The Labute approximate surface area is 84.3 Å². The molecular formula is C9H16N2OS. The SMILES string of the molecule is CC(=O)NC(=S)NC1CCCCC1. The van der Waals surface area contributed by atoms with Crippen molar-refractivity contribution in [3.8, 4) is 0 Å². The van der Waals surface area contributed by atoms with Crippen molar-refractivity contribution < 1.29 is 4.79 Å². The summed E-state index contributed by atoms with van der Waals surface area (Å²) in [6.07, 6.45) is 6.19. The zero-order valence-electron chi connectivity index (χ0n) is 7.93. The minimum Gasteiger partial charge on any atom is -0.360 e. The highest BCUT2D eigenvalue weighted by atomic mass is 32.1. The molecule has 0 unspecified atom stereocenters. The normalized spacial score (nSPS) is 17.9. The topological polar surface area (TPSA) is 41.1 Å². The van der Waals surface area contributed by atoms with Crippen molar-refractivity contribution in [3.63, 3.8) is 0 Å². The highest BCUT2D eigenvalue weighted by Crippen LogP contribution is 2.16. The molecule has 1 fully saturated rings. The van der Waals surface area contributed by atoms with Crippen LogP contribution in [0.4, 0.5) is 0 Å². The summed E-state index contributed by atoms with van der Waals surface area (Å²) in [5.41, 5.74) is 0. The maximum atomic E-state index is 10.7. The molecule has 0 atom stereocenters. The summed E-state index contributed by atoms with van der Waals surface area (Å²) in [6.45, 7) is 1.47. The number of hydrogen-bond acceptors (Lipinski definition) is 2. The molecule has 0 aromatic heterocycles. The number of hydrogen-bond donors (Lipinski definition) is 2. The van der Waals surface area contributed by atoms with Crippen LogP contribution < -0.4 is 10.6 Å². The molecule has 0 saturated heterocycles. The van der Waals surface area contributed by atoms with E-state index in [1.807, 2.05) is 0 Å². The van der Waals surface area contributed by atoms with Gasteiger partial charge in [0.15, 0.2) is 5.11 Å². The van der Waals surface area contributed by atoms with Crippen molar-refractivity contribution in [1.82, 2.24) is 10.6 Å². The van der Waals surface area contributed by atoms with Crippen LogP contribution in [0.15, 0.2) is 0 Å². The second-order valence-electron chi connectivity index (χ2n) is 3.49. The Morgan fingerprint density at radius 1 is 1.31 bits per heavy atom. The predicted octanol–water partition coefficient (Wildman–Crippen LogP) is 1.33. The number of rotatable bonds is 1. The summed E-state index contributed by atoms with van der Waals surface area (Å²) >= 11 is 4.97. The van der Waals surface area contributed by atoms with Crippen molar-refractivity contribution in [3.05, 3.63) is 0 Å². The lowest BCUT2D eigenvalue weighted by Crippen LogP contribution is -2.44.